The second kappa shape index (κ2) is 4.91. The maximum Gasteiger partial charge on any atom is 0.325 e. The minimum Gasteiger partial charge on any atom is -0.468 e. The molecule has 1 unspecified atom stereocenters. The Morgan fingerprint density at radius 1 is 1.33 bits per heavy atom. The molecule has 104 valence electrons. The van der Waals surface area contributed by atoms with Crippen LogP contribution in [0.4, 0.5) is 0 Å². The number of ether oxygens (including phenoxy) is 1. The molecule has 0 radical (unpaired) electrons. The van der Waals surface area contributed by atoms with Gasteiger partial charge in [0.25, 0.3) is 5.91 Å². The van der Waals surface area contributed by atoms with Gasteiger partial charge in [-0.05, 0) is 10.8 Å². The van der Waals surface area contributed by atoms with E-state index in [9.17, 15) is 14.9 Å². The fourth-order valence-electron chi connectivity index (χ4n) is 2.69. The summed E-state index contributed by atoms with van der Waals surface area (Å²) in [7, 11) is 1.26. The van der Waals surface area contributed by atoms with Crippen molar-refractivity contribution in [1.82, 2.24) is 4.90 Å². The van der Waals surface area contributed by atoms with Crippen LogP contribution in [-0.2, 0) is 9.53 Å². The van der Waals surface area contributed by atoms with Crippen LogP contribution >= 0.6 is 0 Å². The molecular weight excluding hydrogens is 268 g/mol. The maximum absolute atomic E-state index is 12.6. The number of hydrogen-bond donors (Lipinski definition) is 0. The van der Waals surface area contributed by atoms with E-state index in [0.717, 1.165) is 10.8 Å². The highest BCUT2D eigenvalue weighted by molar-refractivity contribution is 6.11. The molecule has 5 heteroatoms. The topological polar surface area (TPSA) is 70.4 Å². The van der Waals surface area contributed by atoms with Gasteiger partial charge in [0, 0.05) is 5.56 Å². The zero-order chi connectivity index (χ0) is 15.0. The Balaban J connectivity index is 2.16. The summed E-state index contributed by atoms with van der Waals surface area (Å²) < 4.78 is 4.60. The monoisotopic (exact) mass is 280 g/mol. The number of esters is 1. The van der Waals surface area contributed by atoms with Crippen LogP contribution in [0, 0.1) is 11.3 Å². The van der Waals surface area contributed by atoms with Crippen molar-refractivity contribution in [2.45, 2.75) is 6.04 Å². The van der Waals surface area contributed by atoms with Gasteiger partial charge in [-0.1, -0.05) is 36.4 Å². The van der Waals surface area contributed by atoms with Crippen LogP contribution in [0.2, 0.25) is 0 Å². The molecule has 1 aliphatic rings. The van der Waals surface area contributed by atoms with Crippen molar-refractivity contribution in [2.24, 2.45) is 0 Å². The lowest BCUT2D eigenvalue weighted by Crippen LogP contribution is -2.33. The van der Waals surface area contributed by atoms with Crippen molar-refractivity contribution in [1.29, 1.82) is 5.26 Å². The first kappa shape index (κ1) is 13.1. The number of nitriles is 1. The van der Waals surface area contributed by atoms with E-state index < -0.39 is 12.0 Å². The predicted octanol–water partition coefficient (Wildman–Crippen LogP) is 2.03. The standard InChI is InChI=1S/C16H12N2O3/c1-21-14(19)9-18-13(8-17)12-7-6-10-4-2-3-5-11(10)15(12)16(18)20/h2-7,13H,9H2,1H3. The fraction of sp³-hybridized carbons (Fsp3) is 0.188. The first-order valence-electron chi connectivity index (χ1n) is 6.46. The molecule has 0 aliphatic carbocycles. The minimum atomic E-state index is -0.754. The molecule has 1 atom stereocenters. The number of benzene rings is 2. The molecule has 0 fully saturated rings. The van der Waals surface area contributed by atoms with E-state index in [0.29, 0.717) is 11.1 Å². The van der Waals surface area contributed by atoms with Gasteiger partial charge in [-0.15, -0.1) is 0 Å². The van der Waals surface area contributed by atoms with Crippen molar-refractivity contribution in [2.75, 3.05) is 13.7 Å². The normalized spacial score (nSPS) is 16.7. The van der Waals surface area contributed by atoms with E-state index in [-0.39, 0.29) is 12.5 Å². The van der Waals surface area contributed by atoms with Crippen LogP contribution in [0.15, 0.2) is 36.4 Å². The number of hydrogen-bond acceptors (Lipinski definition) is 4. The smallest absolute Gasteiger partial charge is 0.325 e. The average molecular weight is 280 g/mol. The summed E-state index contributed by atoms with van der Waals surface area (Å²) in [5, 5.41) is 11.1. The van der Waals surface area contributed by atoms with Crippen LogP contribution in [0.3, 0.4) is 0 Å². The number of nitrogens with zero attached hydrogens (tertiary/aromatic N) is 2. The number of fused-ring (bicyclic) bond motifs is 3. The zero-order valence-electron chi connectivity index (χ0n) is 11.4. The molecule has 0 aromatic heterocycles. The van der Waals surface area contributed by atoms with Gasteiger partial charge in [0.1, 0.15) is 12.6 Å². The Morgan fingerprint density at radius 2 is 2.10 bits per heavy atom. The second-order valence-corrected chi connectivity index (χ2v) is 4.79. The number of methoxy groups -OCH3 is 1. The third kappa shape index (κ3) is 1.93. The van der Waals surface area contributed by atoms with E-state index >= 15 is 0 Å². The first-order chi connectivity index (χ1) is 10.2. The molecule has 1 aliphatic heterocycles. The summed E-state index contributed by atoms with van der Waals surface area (Å²) in [4.78, 5) is 25.3. The quantitative estimate of drug-likeness (QED) is 0.789. The molecular formula is C16H12N2O3. The van der Waals surface area contributed by atoms with Crippen LogP contribution in [0.25, 0.3) is 10.8 Å². The number of carbonyl (C=O) groups excluding carboxylic acids is 2. The zero-order valence-corrected chi connectivity index (χ0v) is 11.4. The van der Waals surface area contributed by atoms with E-state index in [1.807, 2.05) is 30.3 Å². The lowest BCUT2D eigenvalue weighted by atomic mass is 9.98. The molecule has 0 saturated carbocycles. The SMILES string of the molecule is COC(=O)CN1C(=O)c2c(ccc3ccccc23)C1C#N. The lowest BCUT2D eigenvalue weighted by Gasteiger charge is -2.18. The van der Waals surface area contributed by atoms with Crippen LogP contribution < -0.4 is 0 Å². The van der Waals surface area contributed by atoms with Gasteiger partial charge in [-0.25, -0.2) is 0 Å². The minimum absolute atomic E-state index is 0.226. The van der Waals surface area contributed by atoms with Gasteiger partial charge < -0.3 is 9.64 Å². The maximum atomic E-state index is 12.6. The first-order valence-corrected chi connectivity index (χ1v) is 6.46. The molecule has 1 amide bonds. The van der Waals surface area contributed by atoms with Gasteiger partial charge in [0.2, 0.25) is 0 Å². The molecule has 1 heterocycles. The van der Waals surface area contributed by atoms with Gasteiger partial charge in [-0.2, -0.15) is 5.26 Å². The highest BCUT2D eigenvalue weighted by Crippen LogP contribution is 2.37. The van der Waals surface area contributed by atoms with Crippen molar-refractivity contribution in [3.63, 3.8) is 0 Å². The Bertz CT molecular complexity index is 792. The van der Waals surface area contributed by atoms with Gasteiger partial charge in [0.05, 0.1) is 18.7 Å². The highest BCUT2D eigenvalue weighted by Gasteiger charge is 2.39. The third-order valence-electron chi connectivity index (χ3n) is 3.69. The van der Waals surface area contributed by atoms with Crippen molar-refractivity contribution in [3.8, 4) is 6.07 Å². The van der Waals surface area contributed by atoms with Crippen molar-refractivity contribution in [3.05, 3.63) is 47.5 Å². The van der Waals surface area contributed by atoms with E-state index in [4.69, 9.17) is 0 Å². The Morgan fingerprint density at radius 3 is 2.81 bits per heavy atom. The van der Waals surface area contributed by atoms with Gasteiger partial charge in [0.15, 0.2) is 0 Å². The lowest BCUT2D eigenvalue weighted by molar-refractivity contribution is -0.141. The summed E-state index contributed by atoms with van der Waals surface area (Å²) in [5.74, 6) is -0.848. The molecule has 0 N–H and O–H groups in total. The molecule has 3 rings (SSSR count). The van der Waals surface area contributed by atoms with Gasteiger partial charge in [-0.3, -0.25) is 9.59 Å². The molecule has 5 nitrogen and oxygen atoms in total. The molecule has 0 spiro atoms. The van der Waals surface area contributed by atoms with E-state index in [1.54, 1.807) is 6.07 Å². The molecule has 2 aromatic rings. The summed E-state index contributed by atoms with van der Waals surface area (Å²) in [6.45, 7) is -0.226. The molecule has 0 saturated heterocycles. The van der Waals surface area contributed by atoms with Gasteiger partial charge >= 0.3 is 5.97 Å². The number of carbonyl (C=O) groups is 2. The fourth-order valence-corrected chi connectivity index (χ4v) is 2.69. The Labute approximate surface area is 121 Å². The van der Waals surface area contributed by atoms with Crippen molar-refractivity contribution >= 4 is 22.6 Å². The molecule has 0 bridgehead atoms. The summed E-state index contributed by atoms with van der Waals surface area (Å²) in [6.07, 6.45) is 0. The summed E-state index contributed by atoms with van der Waals surface area (Å²) >= 11 is 0. The number of amides is 1. The Kier molecular flexibility index (Phi) is 3.07. The second-order valence-electron chi connectivity index (χ2n) is 4.79. The molecule has 21 heavy (non-hydrogen) atoms. The summed E-state index contributed by atoms with van der Waals surface area (Å²) in [5.41, 5.74) is 1.15. The van der Waals surface area contributed by atoms with Crippen LogP contribution in [0.1, 0.15) is 22.0 Å². The summed E-state index contributed by atoms with van der Waals surface area (Å²) in [6, 6.07) is 12.5. The van der Waals surface area contributed by atoms with E-state index in [2.05, 4.69) is 10.8 Å². The number of rotatable bonds is 2. The van der Waals surface area contributed by atoms with Crippen LogP contribution in [-0.4, -0.2) is 30.4 Å². The Hall–Kier alpha value is -2.87. The van der Waals surface area contributed by atoms with Crippen LogP contribution in [0.5, 0.6) is 0 Å². The average Bonchev–Trinajstić information content (AvgIpc) is 2.79. The predicted molar refractivity (Wildman–Crippen MR) is 75.4 cm³/mol. The van der Waals surface area contributed by atoms with E-state index in [1.165, 1.54) is 12.0 Å². The molecule has 2 aromatic carbocycles. The largest absolute Gasteiger partial charge is 0.468 e. The van der Waals surface area contributed by atoms with Crippen molar-refractivity contribution < 1.29 is 14.3 Å². The third-order valence-corrected chi connectivity index (χ3v) is 3.69. The highest BCUT2D eigenvalue weighted by atomic mass is 16.5.